The zero-order valence-electron chi connectivity index (χ0n) is 9.33. The molecule has 0 radical (unpaired) electrons. The fourth-order valence-corrected chi connectivity index (χ4v) is 1.41. The van der Waals surface area contributed by atoms with E-state index in [2.05, 4.69) is 32.6 Å². The number of pyridine rings is 1. The average molecular weight is 218 g/mol. The van der Waals surface area contributed by atoms with Gasteiger partial charge in [-0.05, 0) is 29.8 Å². The van der Waals surface area contributed by atoms with E-state index in [1.165, 1.54) is 10.4 Å². The Morgan fingerprint density at radius 3 is 2.75 bits per heavy atom. The predicted molar refractivity (Wildman–Crippen MR) is 58.3 cm³/mol. The Bertz CT molecular complexity index is 438. The van der Waals surface area contributed by atoms with Gasteiger partial charge in [-0.2, -0.15) is 4.80 Å². The third-order valence-electron chi connectivity index (χ3n) is 2.32. The minimum atomic E-state index is 0.242. The van der Waals surface area contributed by atoms with Crippen molar-refractivity contribution >= 4 is 0 Å². The van der Waals surface area contributed by atoms with Crippen LogP contribution in [0.5, 0.6) is 0 Å². The molecule has 0 amide bonds. The molecule has 1 atom stereocenters. The molecule has 2 rings (SSSR count). The summed E-state index contributed by atoms with van der Waals surface area (Å²) in [6.45, 7) is 2.70. The molecule has 0 aromatic carbocycles. The third kappa shape index (κ3) is 2.60. The van der Waals surface area contributed by atoms with E-state index < -0.39 is 0 Å². The first-order valence-electron chi connectivity index (χ1n) is 5.12. The first-order valence-corrected chi connectivity index (χ1v) is 5.12. The molecule has 84 valence electrons. The van der Waals surface area contributed by atoms with E-state index >= 15 is 0 Å². The van der Waals surface area contributed by atoms with E-state index in [4.69, 9.17) is 0 Å². The van der Waals surface area contributed by atoms with Crippen molar-refractivity contribution in [3.63, 3.8) is 0 Å². The molecule has 16 heavy (non-hydrogen) atoms. The lowest BCUT2D eigenvalue weighted by Gasteiger charge is -2.11. The van der Waals surface area contributed by atoms with E-state index in [1.54, 1.807) is 19.4 Å². The predicted octanol–water partition coefficient (Wildman–Crippen LogP) is 0.456. The van der Waals surface area contributed by atoms with Crippen LogP contribution in [-0.4, -0.2) is 25.2 Å². The summed E-state index contributed by atoms with van der Waals surface area (Å²) in [5, 5.41) is 15.1. The van der Waals surface area contributed by atoms with Crippen molar-refractivity contribution in [2.75, 3.05) is 0 Å². The lowest BCUT2D eigenvalue weighted by Crippen LogP contribution is -2.19. The van der Waals surface area contributed by atoms with Crippen molar-refractivity contribution < 1.29 is 0 Å². The summed E-state index contributed by atoms with van der Waals surface area (Å²) in [5.41, 5.74) is 1.19. The highest BCUT2D eigenvalue weighted by molar-refractivity contribution is 5.13. The first kappa shape index (κ1) is 10.7. The SMILES string of the molecule is C[C@@H](NCc1nnn(C)n1)c1ccncc1. The molecule has 2 aromatic heterocycles. The van der Waals surface area contributed by atoms with Crippen molar-refractivity contribution in [3.8, 4) is 0 Å². The van der Waals surface area contributed by atoms with E-state index in [0.29, 0.717) is 12.4 Å². The number of rotatable bonds is 4. The number of aryl methyl sites for hydroxylation is 1. The Morgan fingerprint density at radius 2 is 2.12 bits per heavy atom. The lowest BCUT2D eigenvalue weighted by atomic mass is 10.1. The fourth-order valence-electron chi connectivity index (χ4n) is 1.41. The molecule has 0 saturated heterocycles. The van der Waals surface area contributed by atoms with E-state index in [0.717, 1.165) is 0 Å². The van der Waals surface area contributed by atoms with Crippen molar-refractivity contribution in [2.45, 2.75) is 19.5 Å². The van der Waals surface area contributed by atoms with Gasteiger partial charge in [-0.3, -0.25) is 4.98 Å². The van der Waals surface area contributed by atoms with Crippen LogP contribution in [0.25, 0.3) is 0 Å². The van der Waals surface area contributed by atoms with Gasteiger partial charge in [0.25, 0.3) is 0 Å². The Balaban J connectivity index is 1.91. The molecular weight excluding hydrogens is 204 g/mol. The lowest BCUT2D eigenvalue weighted by molar-refractivity contribution is 0.555. The van der Waals surface area contributed by atoms with Gasteiger partial charge < -0.3 is 5.32 Å². The summed E-state index contributed by atoms with van der Waals surface area (Å²) < 4.78 is 0. The van der Waals surface area contributed by atoms with Crippen LogP contribution < -0.4 is 5.32 Å². The third-order valence-corrected chi connectivity index (χ3v) is 2.32. The number of aromatic nitrogens is 5. The summed E-state index contributed by atoms with van der Waals surface area (Å²) in [7, 11) is 1.75. The number of hydrogen-bond acceptors (Lipinski definition) is 5. The van der Waals surface area contributed by atoms with Gasteiger partial charge in [0.1, 0.15) is 0 Å². The topological polar surface area (TPSA) is 68.5 Å². The summed E-state index contributed by atoms with van der Waals surface area (Å²) in [6.07, 6.45) is 3.57. The summed E-state index contributed by atoms with van der Waals surface area (Å²) in [5.74, 6) is 0.698. The Kier molecular flexibility index (Phi) is 3.21. The molecule has 0 aliphatic carbocycles. The highest BCUT2D eigenvalue weighted by Gasteiger charge is 2.06. The zero-order chi connectivity index (χ0) is 11.4. The van der Waals surface area contributed by atoms with Crippen LogP contribution in [0.2, 0.25) is 0 Å². The van der Waals surface area contributed by atoms with Gasteiger partial charge in [0.15, 0.2) is 5.82 Å². The van der Waals surface area contributed by atoms with E-state index in [9.17, 15) is 0 Å². The molecule has 2 heterocycles. The maximum atomic E-state index is 4.10. The molecule has 0 aliphatic heterocycles. The van der Waals surface area contributed by atoms with Gasteiger partial charge in [-0.1, -0.05) is 0 Å². The normalized spacial score (nSPS) is 12.6. The maximum absolute atomic E-state index is 4.10. The smallest absolute Gasteiger partial charge is 0.188 e. The van der Waals surface area contributed by atoms with Crippen LogP contribution in [0.3, 0.4) is 0 Å². The van der Waals surface area contributed by atoms with Gasteiger partial charge in [-0.25, -0.2) is 0 Å². The van der Waals surface area contributed by atoms with E-state index in [1.807, 2.05) is 12.1 Å². The summed E-state index contributed by atoms with van der Waals surface area (Å²) >= 11 is 0. The Hall–Kier alpha value is -1.82. The molecule has 6 nitrogen and oxygen atoms in total. The molecule has 0 fully saturated rings. The maximum Gasteiger partial charge on any atom is 0.188 e. The molecule has 0 spiro atoms. The van der Waals surface area contributed by atoms with Crippen molar-refractivity contribution in [3.05, 3.63) is 35.9 Å². The number of tetrazole rings is 1. The van der Waals surface area contributed by atoms with Crippen LogP contribution in [-0.2, 0) is 13.6 Å². The monoisotopic (exact) mass is 218 g/mol. The van der Waals surface area contributed by atoms with E-state index in [-0.39, 0.29) is 6.04 Å². The molecule has 0 saturated carbocycles. The highest BCUT2D eigenvalue weighted by Crippen LogP contribution is 2.10. The average Bonchev–Trinajstić information content (AvgIpc) is 2.73. The second-order valence-electron chi connectivity index (χ2n) is 3.58. The minimum Gasteiger partial charge on any atom is -0.303 e. The fraction of sp³-hybridized carbons (Fsp3) is 0.400. The number of nitrogens with zero attached hydrogens (tertiary/aromatic N) is 5. The summed E-state index contributed by atoms with van der Waals surface area (Å²) in [4.78, 5) is 5.44. The second-order valence-corrected chi connectivity index (χ2v) is 3.58. The van der Waals surface area contributed by atoms with Gasteiger partial charge >= 0.3 is 0 Å². The first-order chi connectivity index (χ1) is 7.75. The minimum absolute atomic E-state index is 0.242. The standard InChI is InChI=1S/C10H14N6/c1-8(9-3-5-11-6-4-9)12-7-10-13-15-16(2)14-10/h3-6,8,12H,7H2,1-2H3/t8-/m1/s1. The van der Waals surface area contributed by atoms with Crippen LogP contribution >= 0.6 is 0 Å². The van der Waals surface area contributed by atoms with Crippen LogP contribution in [0.15, 0.2) is 24.5 Å². The van der Waals surface area contributed by atoms with Gasteiger partial charge in [0, 0.05) is 18.4 Å². The molecule has 2 aromatic rings. The van der Waals surface area contributed by atoms with Gasteiger partial charge in [0.2, 0.25) is 0 Å². The van der Waals surface area contributed by atoms with Crippen molar-refractivity contribution in [1.82, 2.24) is 30.5 Å². The molecular formula is C10H14N6. The number of hydrogen-bond donors (Lipinski definition) is 1. The van der Waals surface area contributed by atoms with Crippen LogP contribution in [0.1, 0.15) is 24.4 Å². The van der Waals surface area contributed by atoms with Gasteiger partial charge in [-0.15, -0.1) is 10.2 Å². The van der Waals surface area contributed by atoms with Crippen LogP contribution in [0, 0.1) is 0 Å². The van der Waals surface area contributed by atoms with Crippen molar-refractivity contribution in [1.29, 1.82) is 0 Å². The Morgan fingerprint density at radius 1 is 1.38 bits per heavy atom. The molecule has 6 heteroatoms. The molecule has 1 N–H and O–H groups in total. The quantitative estimate of drug-likeness (QED) is 0.807. The highest BCUT2D eigenvalue weighted by atomic mass is 15.6. The summed E-state index contributed by atoms with van der Waals surface area (Å²) in [6, 6.07) is 4.22. The molecule has 0 bridgehead atoms. The molecule has 0 aliphatic rings. The zero-order valence-corrected chi connectivity index (χ0v) is 9.33. The largest absolute Gasteiger partial charge is 0.303 e. The number of nitrogens with one attached hydrogen (secondary N) is 1. The van der Waals surface area contributed by atoms with Gasteiger partial charge in [0.05, 0.1) is 13.6 Å². The second kappa shape index (κ2) is 4.80. The van der Waals surface area contributed by atoms with Crippen LogP contribution in [0.4, 0.5) is 0 Å². The Labute approximate surface area is 93.7 Å². The molecule has 0 unspecified atom stereocenters. The van der Waals surface area contributed by atoms with Crippen molar-refractivity contribution in [2.24, 2.45) is 7.05 Å².